The maximum atomic E-state index is 2.70. The van der Waals surface area contributed by atoms with Gasteiger partial charge in [0.05, 0.1) is 16.5 Å². The van der Waals surface area contributed by atoms with Crippen LogP contribution in [0.3, 0.4) is 0 Å². The highest BCUT2D eigenvalue weighted by Gasteiger charge is 2.58. The summed E-state index contributed by atoms with van der Waals surface area (Å²) in [5.41, 5.74) is 34.7. The molecule has 0 unspecified atom stereocenters. The van der Waals surface area contributed by atoms with Crippen LogP contribution in [0.15, 0.2) is 212 Å². The highest BCUT2D eigenvalue weighted by atomic mass is 32.1. The fourth-order valence-electron chi connectivity index (χ4n) is 15.7. The van der Waals surface area contributed by atoms with E-state index in [-0.39, 0.29) is 12.1 Å². The molecule has 376 valence electrons. The van der Waals surface area contributed by atoms with Crippen LogP contribution in [0, 0.1) is 13.8 Å². The summed E-state index contributed by atoms with van der Waals surface area (Å²) in [6.07, 6.45) is 0. The van der Waals surface area contributed by atoms with Crippen molar-refractivity contribution in [1.29, 1.82) is 0 Å². The van der Waals surface area contributed by atoms with Gasteiger partial charge in [-0.15, -0.1) is 11.3 Å². The summed E-state index contributed by atoms with van der Waals surface area (Å²) in [6, 6.07) is 83.2. The van der Waals surface area contributed by atoms with E-state index >= 15 is 0 Å². The number of nitrogens with zero attached hydrogens (tertiary/aromatic N) is 2. The van der Waals surface area contributed by atoms with Gasteiger partial charge < -0.3 is 9.80 Å². The molecule has 4 heteroatoms. The minimum Gasteiger partial charge on any atom is -0.311 e. The van der Waals surface area contributed by atoms with Crippen molar-refractivity contribution in [3.8, 4) is 44.5 Å². The van der Waals surface area contributed by atoms with Gasteiger partial charge >= 0.3 is 0 Å². The molecule has 0 fully saturated rings. The molecule has 11 aromatic rings. The molecule has 10 aromatic carbocycles. The van der Waals surface area contributed by atoms with Crippen molar-refractivity contribution in [2.45, 2.75) is 70.6 Å². The molecule has 6 aliphatic rings. The van der Waals surface area contributed by atoms with Gasteiger partial charge in [-0.1, -0.05) is 210 Å². The van der Waals surface area contributed by atoms with E-state index in [0.717, 1.165) is 0 Å². The van der Waals surface area contributed by atoms with Gasteiger partial charge in [-0.3, -0.25) is 0 Å². The highest BCUT2D eigenvalue weighted by molar-refractivity contribution is 7.30. The van der Waals surface area contributed by atoms with E-state index in [1.54, 1.807) is 0 Å². The predicted molar refractivity (Wildman–Crippen MR) is 333 cm³/mol. The number of thiophene rings is 1. The van der Waals surface area contributed by atoms with Crippen LogP contribution in [0.25, 0.3) is 44.5 Å². The zero-order valence-corrected chi connectivity index (χ0v) is 46.5. The van der Waals surface area contributed by atoms with Gasteiger partial charge in [0, 0.05) is 43.7 Å². The van der Waals surface area contributed by atoms with Crippen molar-refractivity contribution in [3.05, 3.63) is 278 Å². The van der Waals surface area contributed by atoms with Gasteiger partial charge in [0.15, 0.2) is 0 Å². The topological polar surface area (TPSA) is 6.48 Å². The van der Waals surface area contributed by atoms with Crippen molar-refractivity contribution in [3.63, 3.8) is 0 Å². The summed E-state index contributed by atoms with van der Waals surface area (Å²) in [5, 5.41) is 0. The molecule has 0 saturated carbocycles. The third-order valence-electron chi connectivity index (χ3n) is 19.1. The Hall–Kier alpha value is -8.44. The van der Waals surface area contributed by atoms with Crippen molar-refractivity contribution in [2.24, 2.45) is 0 Å². The SMILES string of the molecule is Cc1ccc(N2c3cc4c(cc3B3c5sc6c(c5N(c5ccc(C(C)(C)C)cc5)c5cc(C)cc2c53)-c2ccc(C(C)C)cc2C62c3ccccc3-c3ccccc32)-c2ccccc2C42c3ccccc3-c3ccccc32)cc1. The number of benzene rings is 10. The standard InChI is InChI=1S/C75H57BN2S/c1-43(2)46-30-37-55-62(40-46)75(60-26-16-10-20-52(60)53-21-11-17-27-61(53)75)71-68(55)70-72(79-71)76-64-41-56-54-22-12-15-25-59(54)74(57-23-13-8-18-50(57)51-19-9-14-24-58(51)74)63(56)42-65(64)77(48-33-28-44(3)29-34-48)66-38-45(4)39-67(69(66)76)78(70)49-35-31-47(32-36-49)73(5,6)7/h8-43H,1-7H3. The zero-order chi connectivity index (χ0) is 53.0. The summed E-state index contributed by atoms with van der Waals surface area (Å²) in [7, 11) is 0. The maximum Gasteiger partial charge on any atom is 0.264 e. The molecule has 1 aromatic heterocycles. The lowest BCUT2D eigenvalue weighted by molar-refractivity contribution is 0.590. The Kier molecular flexibility index (Phi) is 9.03. The molecule has 2 aliphatic heterocycles. The summed E-state index contributed by atoms with van der Waals surface area (Å²) < 4.78 is 1.41. The molecule has 3 heterocycles. The number of fused-ring (bicyclic) bond motifs is 25. The Morgan fingerprint density at radius 3 is 1.46 bits per heavy atom. The quantitative estimate of drug-likeness (QED) is 0.163. The first kappa shape index (κ1) is 45.6. The molecule has 4 aliphatic carbocycles. The van der Waals surface area contributed by atoms with E-state index in [9.17, 15) is 0 Å². The van der Waals surface area contributed by atoms with Gasteiger partial charge in [-0.25, -0.2) is 0 Å². The van der Waals surface area contributed by atoms with Crippen LogP contribution < -0.4 is 25.5 Å². The number of rotatable bonds is 3. The monoisotopic (exact) mass is 1030 g/mol. The van der Waals surface area contributed by atoms with Gasteiger partial charge in [0.25, 0.3) is 6.71 Å². The van der Waals surface area contributed by atoms with Gasteiger partial charge in [0.1, 0.15) is 0 Å². The molecule has 17 rings (SSSR count). The van der Waals surface area contributed by atoms with E-state index in [2.05, 4.69) is 282 Å². The third kappa shape index (κ3) is 5.63. The second kappa shape index (κ2) is 15.6. The van der Waals surface area contributed by atoms with E-state index < -0.39 is 10.8 Å². The summed E-state index contributed by atoms with van der Waals surface area (Å²) in [5.74, 6) is 0.375. The second-order valence-corrected chi connectivity index (χ2v) is 25.7. The third-order valence-corrected chi connectivity index (χ3v) is 20.5. The van der Waals surface area contributed by atoms with Crippen LogP contribution in [0.5, 0.6) is 0 Å². The smallest absolute Gasteiger partial charge is 0.264 e. The first-order valence-electron chi connectivity index (χ1n) is 28.4. The fourth-order valence-corrected chi connectivity index (χ4v) is 17.4. The van der Waals surface area contributed by atoms with Crippen LogP contribution in [0.2, 0.25) is 0 Å². The number of hydrogen-bond donors (Lipinski definition) is 0. The molecule has 2 spiro atoms. The molecular weight excluding hydrogens is 972 g/mol. The molecule has 0 amide bonds. The van der Waals surface area contributed by atoms with E-state index in [0.29, 0.717) is 5.92 Å². The number of aryl methyl sites for hydroxylation is 2. The van der Waals surface area contributed by atoms with Crippen LogP contribution in [-0.2, 0) is 16.2 Å². The molecule has 0 bridgehead atoms. The van der Waals surface area contributed by atoms with Crippen LogP contribution in [0.4, 0.5) is 34.1 Å². The largest absolute Gasteiger partial charge is 0.311 e. The van der Waals surface area contributed by atoms with Crippen LogP contribution in [0.1, 0.15) is 107 Å². The van der Waals surface area contributed by atoms with E-state index in [4.69, 9.17) is 0 Å². The summed E-state index contributed by atoms with van der Waals surface area (Å²) >= 11 is 2.09. The average Bonchev–Trinajstić information content (AvgIpc) is 2.84. The first-order valence-corrected chi connectivity index (χ1v) is 29.2. The molecular formula is C75H57BN2S. The average molecular weight is 1030 g/mol. The number of hydrogen-bond acceptors (Lipinski definition) is 3. The van der Waals surface area contributed by atoms with Crippen molar-refractivity contribution in [1.82, 2.24) is 0 Å². The summed E-state index contributed by atoms with van der Waals surface area (Å²) in [4.78, 5) is 6.77. The minimum absolute atomic E-state index is 0.00384. The van der Waals surface area contributed by atoms with Crippen molar-refractivity contribution < 1.29 is 0 Å². The van der Waals surface area contributed by atoms with E-state index in [1.165, 1.54) is 160 Å². The van der Waals surface area contributed by atoms with E-state index in [1.807, 2.05) is 0 Å². The van der Waals surface area contributed by atoms with Crippen molar-refractivity contribution >= 4 is 67.9 Å². The molecule has 79 heavy (non-hydrogen) atoms. The Labute approximate surface area is 468 Å². The molecule has 0 saturated heterocycles. The predicted octanol–water partition coefficient (Wildman–Crippen LogP) is 17.6. The number of anilines is 6. The molecule has 0 atom stereocenters. The maximum absolute atomic E-state index is 2.70. The first-order chi connectivity index (χ1) is 38.5. The lowest BCUT2D eigenvalue weighted by Crippen LogP contribution is -2.60. The van der Waals surface area contributed by atoms with Gasteiger partial charge in [-0.2, -0.15) is 0 Å². The second-order valence-electron chi connectivity index (χ2n) is 24.6. The molecule has 0 radical (unpaired) electrons. The molecule has 0 N–H and O–H groups in total. The summed E-state index contributed by atoms with van der Waals surface area (Å²) in [6.45, 7) is 16.1. The molecule has 2 nitrogen and oxygen atoms in total. The lowest BCUT2D eigenvalue weighted by Gasteiger charge is -2.44. The van der Waals surface area contributed by atoms with Crippen LogP contribution in [-0.4, -0.2) is 6.71 Å². The Morgan fingerprint density at radius 1 is 0.430 bits per heavy atom. The van der Waals surface area contributed by atoms with Crippen LogP contribution >= 0.6 is 11.3 Å². The Bertz CT molecular complexity index is 4400. The highest BCUT2D eigenvalue weighted by Crippen LogP contribution is 2.68. The Morgan fingerprint density at radius 2 is 0.911 bits per heavy atom. The van der Waals surface area contributed by atoms with Gasteiger partial charge in [0.2, 0.25) is 0 Å². The van der Waals surface area contributed by atoms with Crippen molar-refractivity contribution in [2.75, 3.05) is 9.80 Å². The Balaban J connectivity index is 1.03. The normalized spacial score (nSPS) is 15.3. The fraction of sp³-hybridized carbons (Fsp3) is 0.147. The van der Waals surface area contributed by atoms with Gasteiger partial charge in [-0.05, 0) is 173 Å². The minimum atomic E-state index is -0.505. The zero-order valence-electron chi connectivity index (χ0n) is 45.7. The lowest BCUT2D eigenvalue weighted by atomic mass is 9.36.